The Bertz CT molecular complexity index is 1290. The third-order valence-electron chi connectivity index (χ3n) is 6.79. The fourth-order valence-corrected chi connectivity index (χ4v) is 4.97. The number of amides is 2. The molecule has 0 spiro atoms. The summed E-state index contributed by atoms with van der Waals surface area (Å²) in [6.45, 7) is 4.87. The number of rotatable bonds is 5. The summed E-state index contributed by atoms with van der Waals surface area (Å²) >= 11 is 0. The molecule has 0 radical (unpaired) electrons. The van der Waals surface area contributed by atoms with Crippen LogP contribution in [0.4, 0.5) is 5.69 Å². The molecule has 1 saturated heterocycles. The predicted molar refractivity (Wildman–Crippen MR) is 123 cm³/mol. The van der Waals surface area contributed by atoms with E-state index < -0.39 is 0 Å². The maximum atomic E-state index is 13.3. The number of anilines is 1. The van der Waals surface area contributed by atoms with Gasteiger partial charge < -0.3 is 15.4 Å². The normalized spacial score (nSPS) is 21.0. The number of nitrogens with one attached hydrogen (secondary N) is 2. The summed E-state index contributed by atoms with van der Waals surface area (Å²) in [6, 6.07) is 6.04. The lowest BCUT2D eigenvalue weighted by atomic mass is 9.98. The van der Waals surface area contributed by atoms with E-state index in [0.29, 0.717) is 30.1 Å². The molecule has 2 amide bonds. The molecule has 8 nitrogen and oxygen atoms in total. The molecule has 0 bridgehead atoms. The van der Waals surface area contributed by atoms with Gasteiger partial charge >= 0.3 is 0 Å². The molecule has 0 unspecified atom stereocenters. The van der Waals surface area contributed by atoms with E-state index in [4.69, 9.17) is 4.74 Å². The van der Waals surface area contributed by atoms with Gasteiger partial charge in [0.2, 0.25) is 5.91 Å². The van der Waals surface area contributed by atoms with E-state index in [2.05, 4.69) is 46.7 Å². The van der Waals surface area contributed by atoms with Crippen LogP contribution in [0.5, 0.6) is 5.75 Å². The van der Waals surface area contributed by atoms with E-state index in [1.807, 2.05) is 6.07 Å². The highest BCUT2D eigenvalue weighted by molar-refractivity contribution is 6.08. The van der Waals surface area contributed by atoms with Crippen LogP contribution in [0.25, 0.3) is 5.65 Å². The first-order valence-corrected chi connectivity index (χ1v) is 11.6. The second-order valence-electron chi connectivity index (χ2n) is 10.0. The Morgan fingerprint density at radius 3 is 2.91 bits per heavy atom. The van der Waals surface area contributed by atoms with Gasteiger partial charge in [-0.25, -0.2) is 9.50 Å². The molecule has 1 saturated carbocycles. The molecular formula is C25H27N5O3. The summed E-state index contributed by atoms with van der Waals surface area (Å²) in [5.74, 6) is 1.16. The molecule has 3 aliphatic rings. The third kappa shape index (κ3) is 3.73. The monoisotopic (exact) mass is 445 g/mol. The lowest BCUT2D eigenvalue weighted by Crippen LogP contribution is -2.24. The van der Waals surface area contributed by atoms with Crippen LogP contribution in [0.2, 0.25) is 0 Å². The average molecular weight is 446 g/mol. The lowest BCUT2D eigenvalue weighted by molar-refractivity contribution is -0.122. The first-order valence-electron chi connectivity index (χ1n) is 11.6. The van der Waals surface area contributed by atoms with Crippen molar-refractivity contribution in [3.8, 4) is 5.75 Å². The van der Waals surface area contributed by atoms with Crippen LogP contribution in [0.3, 0.4) is 0 Å². The van der Waals surface area contributed by atoms with Gasteiger partial charge in [-0.1, -0.05) is 0 Å². The van der Waals surface area contributed by atoms with E-state index in [-0.39, 0.29) is 23.3 Å². The number of nitrogens with zero attached hydrogens (tertiary/aromatic N) is 3. The average Bonchev–Trinajstić information content (AvgIpc) is 3.28. The minimum Gasteiger partial charge on any atom is -0.487 e. The highest BCUT2D eigenvalue weighted by Gasteiger charge is 2.34. The number of hydrogen-bond donors (Lipinski definition) is 2. The van der Waals surface area contributed by atoms with Gasteiger partial charge in [0, 0.05) is 48.4 Å². The van der Waals surface area contributed by atoms with Crippen molar-refractivity contribution in [2.24, 2.45) is 5.92 Å². The van der Waals surface area contributed by atoms with Crippen molar-refractivity contribution in [3.63, 3.8) is 0 Å². The topological polar surface area (TPSA) is 97.6 Å². The van der Waals surface area contributed by atoms with Crippen LogP contribution in [0, 0.1) is 5.92 Å². The van der Waals surface area contributed by atoms with E-state index >= 15 is 0 Å². The summed E-state index contributed by atoms with van der Waals surface area (Å²) in [7, 11) is 0. The number of carbonyl (C=O) groups excluding carboxylic acids is 2. The van der Waals surface area contributed by atoms with Crippen LogP contribution in [-0.2, 0) is 17.6 Å². The molecule has 3 aromatic rings. The van der Waals surface area contributed by atoms with Crippen molar-refractivity contribution in [1.82, 2.24) is 19.9 Å². The summed E-state index contributed by atoms with van der Waals surface area (Å²) in [5.41, 5.74) is 4.58. The van der Waals surface area contributed by atoms with Gasteiger partial charge in [-0.15, -0.1) is 0 Å². The molecule has 1 aliphatic carbocycles. The molecule has 4 heterocycles. The number of benzene rings is 1. The van der Waals surface area contributed by atoms with E-state index in [1.54, 1.807) is 16.9 Å². The SMILES string of the molecule is CC1(C)Cc2cc(NC(=O)c3cnn4ccc(C[C@@H]5CCNC5=O)nc34)c(C3CC3)cc2O1. The van der Waals surface area contributed by atoms with Crippen molar-refractivity contribution in [2.75, 3.05) is 11.9 Å². The van der Waals surface area contributed by atoms with Crippen molar-refractivity contribution in [2.45, 2.75) is 57.5 Å². The summed E-state index contributed by atoms with van der Waals surface area (Å²) in [5, 5.41) is 10.3. The fraction of sp³-hybridized carbons (Fsp3) is 0.440. The Balaban J connectivity index is 1.29. The minimum atomic E-state index is -0.231. The standard InChI is InChI=1S/C25H27N5O3/c1-25(2)12-16-10-20(18(14-3-4-14)11-21(16)33-25)29-24(32)19-13-27-30-8-6-17(28-22(19)30)9-15-5-7-26-23(15)31/h6,8,10-11,13-15H,3-5,7,9,12H2,1-2H3,(H,26,31)(H,29,32)/t15-/m0/s1. The summed E-state index contributed by atoms with van der Waals surface area (Å²) in [6.07, 6.45) is 7.78. The largest absolute Gasteiger partial charge is 0.487 e. The predicted octanol–water partition coefficient (Wildman–Crippen LogP) is 3.25. The van der Waals surface area contributed by atoms with Crippen LogP contribution in [-0.4, -0.2) is 38.6 Å². The molecule has 2 aromatic heterocycles. The van der Waals surface area contributed by atoms with Crippen LogP contribution < -0.4 is 15.4 Å². The van der Waals surface area contributed by atoms with Crippen molar-refractivity contribution in [3.05, 3.63) is 53.0 Å². The van der Waals surface area contributed by atoms with Gasteiger partial charge in [0.25, 0.3) is 5.91 Å². The fourth-order valence-electron chi connectivity index (χ4n) is 4.97. The highest BCUT2D eigenvalue weighted by Crippen LogP contribution is 2.48. The highest BCUT2D eigenvalue weighted by atomic mass is 16.5. The van der Waals surface area contributed by atoms with Crippen molar-refractivity contribution >= 4 is 23.1 Å². The molecule has 8 heteroatoms. The smallest absolute Gasteiger partial charge is 0.261 e. The number of hydrogen-bond acceptors (Lipinski definition) is 5. The Morgan fingerprint density at radius 1 is 1.30 bits per heavy atom. The lowest BCUT2D eigenvalue weighted by Gasteiger charge is -2.17. The Hall–Kier alpha value is -3.42. The van der Waals surface area contributed by atoms with Gasteiger partial charge in [0.15, 0.2) is 5.65 Å². The van der Waals surface area contributed by atoms with Crippen molar-refractivity contribution in [1.29, 1.82) is 0 Å². The second kappa shape index (κ2) is 7.30. The van der Waals surface area contributed by atoms with Gasteiger partial charge in [-0.3, -0.25) is 9.59 Å². The molecule has 170 valence electrons. The molecule has 2 N–H and O–H groups in total. The van der Waals surface area contributed by atoms with Crippen LogP contribution in [0.1, 0.15) is 66.2 Å². The maximum Gasteiger partial charge on any atom is 0.261 e. The molecule has 6 rings (SSSR count). The van der Waals surface area contributed by atoms with Gasteiger partial charge in [0.05, 0.1) is 6.20 Å². The van der Waals surface area contributed by atoms with E-state index in [0.717, 1.165) is 53.9 Å². The summed E-state index contributed by atoms with van der Waals surface area (Å²) in [4.78, 5) is 30.0. The maximum absolute atomic E-state index is 13.3. The summed E-state index contributed by atoms with van der Waals surface area (Å²) < 4.78 is 7.72. The zero-order chi connectivity index (χ0) is 22.7. The van der Waals surface area contributed by atoms with Gasteiger partial charge in [0.1, 0.15) is 16.9 Å². The molecular weight excluding hydrogens is 418 g/mol. The molecule has 1 aromatic carbocycles. The van der Waals surface area contributed by atoms with Crippen LogP contribution >= 0.6 is 0 Å². The van der Waals surface area contributed by atoms with E-state index in [9.17, 15) is 9.59 Å². The number of fused-ring (bicyclic) bond motifs is 2. The number of carbonyl (C=O) groups is 2. The Kier molecular flexibility index (Phi) is 4.47. The zero-order valence-electron chi connectivity index (χ0n) is 18.9. The second-order valence-corrected chi connectivity index (χ2v) is 10.0. The first kappa shape index (κ1) is 20.2. The molecule has 33 heavy (non-hydrogen) atoms. The quantitative estimate of drug-likeness (QED) is 0.628. The van der Waals surface area contributed by atoms with Crippen molar-refractivity contribution < 1.29 is 14.3 Å². The first-order chi connectivity index (χ1) is 15.9. The molecule has 2 aliphatic heterocycles. The van der Waals surface area contributed by atoms with E-state index in [1.165, 1.54) is 0 Å². The zero-order valence-corrected chi connectivity index (χ0v) is 18.9. The van der Waals surface area contributed by atoms with Gasteiger partial charge in [-0.2, -0.15) is 5.10 Å². The number of aromatic nitrogens is 3. The Morgan fingerprint density at radius 2 is 2.15 bits per heavy atom. The molecule has 2 fully saturated rings. The molecule has 1 atom stereocenters. The third-order valence-corrected chi connectivity index (χ3v) is 6.79. The Labute approximate surface area is 191 Å². The number of ether oxygens (including phenoxy) is 1. The van der Waals surface area contributed by atoms with Crippen LogP contribution in [0.15, 0.2) is 30.6 Å². The van der Waals surface area contributed by atoms with Gasteiger partial charge in [-0.05, 0) is 62.8 Å². The minimum absolute atomic E-state index is 0.0690.